The van der Waals surface area contributed by atoms with Crippen molar-refractivity contribution in [1.29, 1.82) is 0 Å². The summed E-state index contributed by atoms with van der Waals surface area (Å²) in [4.78, 5) is 4.71. The van der Waals surface area contributed by atoms with E-state index in [4.69, 9.17) is 4.74 Å². The van der Waals surface area contributed by atoms with E-state index in [-0.39, 0.29) is 6.10 Å². The van der Waals surface area contributed by atoms with Gasteiger partial charge in [0, 0.05) is 32.7 Å². The summed E-state index contributed by atoms with van der Waals surface area (Å²) in [7, 11) is 1.72. The number of anilines is 1. The fraction of sp³-hybridized carbons (Fsp3) is 0.400. The third kappa shape index (κ3) is 4.28. The molecule has 1 heterocycles. The van der Waals surface area contributed by atoms with E-state index in [1.54, 1.807) is 7.11 Å². The van der Waals surface area contributed by atoms with Crippen molar-refractivity contribution in [1.82, 2.24) is 4.90 Å². The first-order valence-corrected chi connectivity index (χ1v) is 8.58. The molecule has 4 nitrogen and oxygen atoms in total. The van der Waals surface area contributed by atoms with Crippen molar-refractivity contribution < 1.29 is 9.84 Å². The number of β-amino-alcohol motifs (C(OH)–C–C–N with tert-alkyl or cyclic N) is 1. The number of rotatable bonds is 6. The Bertz CT molecular complexity index is 625. The summed E-state index contributed by atoms with van der Waals surface area (Å²) >= 11 is 0. The molecule has 0 bridgehead atoms. The van der Waals surface area contributed by atoms with Crippen LogP contribution in [0.3, 0.4) is 0 Å². The Kier molecular flexibility index (Phi) is 5.72. The lowest BCUT2D eigenvalue weighted by Gasteiger charge is -2.37. The molecule has 0 radical (unpaired) electrons. The van der Waals surface area contributed by atoms with Gasteiger partial charge < -0.3 is 14.7 Å². The molecule has 1 saturated heterocycles. The summed E-state index contributed by atoms with van der Waals surface area (Å²) in [5.41, 5.74) is 2.35. The zero-order valence-electron chi connectivity index (χ0n) is 14.3. The molecule has 0 spiro atoms. The maximum Gasteiger partial charge on any atom is 0.142 e. The molecule has 128 valence electrons. The lowest BCUT2D eigenvalue weighted by Crippen LogP contribution is -2.48. The van der Waals surface area contributed by atoms with Gasteiger partial charge in [-0.2, -0.15) is 0 Å². The number of para-hydroxylation sites is 2. The zero-order valence-corrected chi connectivity index (χ0v) is 14.3. The van der Waals surface area contributed by atoms with Crippen molar-refractivity contribution >= 4 is 5.69 Å². The fourth-order valence-electron chi connectivity index (χ4n) is 3.31. The average molecular weight is 326 g/mol. The highest BCUT2D eigenvalue weighted by Crippen LogP contribution is 2.28. The molecule has 1 N–H and O–H groups in total. The van der Waals surface area contributed by atoms with Crippen LogP contribution < -0.4 is 9.64 Å². The van der Waals surface area contributed by atoms with Gasteiger partial charge in [0.05, 0.1) is 18.9 Å². The van der Waals surface area contributed by atoms with Crippen LogP contribution in [-0.2, 0) is 6.42 Å². The molecule has 1 fully saturated rings. The normalized spacial score (nSPS) is 16.8. The van der Waals surface area contributed by atoms with Crippen LogP contribution in [0.15, 0.2) is 54.6 Å². The Morgan fingerprint density at radius 2 is 1.62 bits per heavy atom. The SMILES string of the molecule is COc1ccccc1N1CCN(C[C@H](O)Cc2ccccc2)CC1. The van der Waals surface area contributed by atoms with E-state index in [2.05, 4.69) is 28.0 Å². The molecule has 2 aromatic carbocycles. The number of hydrogen-bond donors (Lipinski definition) is 1. The van der Waals surface area contributed by atoms with Crippen LogP contribution in [0.1, 0.15) is 5.56 Å². The maximum atomic E-state index is 10.3. The second-order valence-corrected chi connectivity index (χ2v) is 6.30. The molecule has 4 heteroatoms. The van der Waals surface area contributed by atoms with Crippen LogP contribution in [0.2, 0.25) is 0 Å². The van der Waals surface area contributed by atoms with Crippen molar-refractivity contribution in [3.63, 3.8) is 0 Å². The van der Waals surface area contributed by atoms with E-state index in [9.17, 15) is 5.11 Å². The maximum absolute atomic E-state index is 10.3. The average Bonchev–Trinajstić information content (AvgIpc) is 2.63. The Balaban J connectivity index is 1.50. The molecule has 0 aliphatic carbocycles. The van der Waals surface area contributed by atoms with E-state index < -0.39 is 0 Å². The molecular formula is C20H26N2O2. The molecule has 1 aliphatic rings. The van der Waals surface area contributed by atoms with Crippen LogP contribution in [0.5, 0.6) is 5.75 Å². The van der Waals surface area contributed by atoms with Gasteiger partial charge in [-0.1, -0.05) is 42.5 Å². The number of hydrogen-bond acceptors (Lipinski definition) is 4. The van der Waals surface area contributed by atoms with E-state index in [0.29, 0.717) is 6.42 Å². The topological polar surface area (TPSA) is 35.9 Å². The Hall–Kier alpha value is -2.04. The zero-order chi connectivity index (χ0) is 16.8. The molecule has 1 atom stereocenters. The lowest BCUT2D eigenvalue weighted by molar-refractivity contribution is 0.109. The Morgan fingerprint density at radius 3 is 2.33 bits per heavy atom. The molecule has 24 heavy (non-hydrogen) atoms. The summed E-state index contributed by atoms with van der Waals surface area (Å²) in [5, 5.41) is 10.3. The van der Waals surface area contributed by atoms with Gasteiger partial charge in [0.25, 0.3) is 0 Å². The van der Waals surface area contributed by atoms with Gasteiger partial charge >= 0.3 is 0 Å². The Labute approximate surface area is 144 Å². The van der Waals surface area contributed by atoms with E-state index in [0.717, 1.165) is 44.2 Å². The van der Waals surface area contributed by atoms with Gasteiger partial charge in [-0.05, 0) is 24.1 Å². The molecule has 0 amide bonds. The monoisotopic (exact) mass is 326 g/mol. The smallest absolute Gasteiger partial charge is 0.142 e. The quantitative estimate of drug-likeness (QED) is 0.884. The summed E-state index contributed by atoms with van der Waals surface area (Å²) in [6.07, 6.45) is 0.401. The van der Waals surface area contributed by atoms with Crippen molar-refractivity contribution in [2.75, 3.05) is 44.7 Å². The highest BCUT2D eigenvalue weighted by atomic mass is 16.5. The van der Waals surface area contributed by atoms with E-state index >= 15 is 0 Å². The number of nitrogens with zero attached hydrogens (tertiary/aromatic N) is 2. The minimum Gasteiger partial charge on any atom is -0.495 e. The van der Waals surface area contributed by atoms with Crippen molar-refractivity contribution in [3.8, 4) is 5.75 Å². The van der Waals surface area contributed by atoms with Crippen molar-refractivity contribution in [2.45, 2.75) is 12.5 Å². The predicted molar refractivity (Wildman–Crippen MR) is 97.8 cm³/mol. The van der Waals surface area contributed by atoms with Crippen LogP contribution in [-0.4, -0.2) is 55.9 Å². The van der Waals surface area contributed by atoms with Crippen molar-refractivity contribution in [3.05, 3.63) is 60.2 Å². The molecule has 3 rings (SSSR count). The number of aliphatic hydroxyl groups is 1. The third-order valence-electron chi connectivity index (χ3n) is 4.58. The van der Waals surface area contributed by atoms with Crippen molar-refractivity contribution in [2.24, 2.45) is 0 Å². The number of piperazine rings is 1. The first-order valence-electron chi connectivity index (χ1n) is 8.58. The summed E-state index contributed by atoms with van der Waals surface area (Å²) in [6.45, 7) is 4.57. The number of benzene rings is 2. The third-order valence-corrected chi connectivity index (χ3v) is 4.58. The molecule has 0 saturated carbocycles. The molecule has 0 aromatic heterocycles. The van der Waals surface area contributed by atoms with Gasteiger partial charge in [-0.3, -0.25) is 4.90 Å². The van der Waals surface area contributed by atoms with E-state index in [1.165, 1.54) is 5.56 Å². The standard InChI is InChI=1S/C20H26N2O2/c1-24-20-10-6-5-9-19(20)22-13-11-21(12-14-22)16-18(23)15-17-7-3-2-4-8-17/h2-10,18,23H,11-16H2,1H3/t18-/m1/s1. The van der Waals surface area contributed by atoms with Gasteiger partial charge in [0.15, 0.2) is 0 Å². The molecule has 1 aliphatic heterocycles. The molecule has 2 aromatic rings. The second kappa shape index (κ2) is 8.18. The van der Waals surface area contributed by atoms with E-state index in [1.807, 2.05) is 36.4 Å². The minimum absolute atomic E-state index is 0.315. The summed E-state index contributed by atoms with van der Waals surface area (Å²) in [5.74, 6) is 0.926. The highest BCUT2D eigenvalue weighted by molar-refractivity contribution is 5.58. The summed E-state index contributed by atoms with van der Waals surface area (Å²) < 4.78 is 5.46. The molecule has 0 unspecified atom stereocenters. The number of methoxy groups -OCH3 is 1. The largest absolute Gasteiger partial charge is 0.495 e. The fourth-order valence-corrected chi connectivity index (χ4v) is 3.31. The Morgan fingerprint density at radius 1 is 0.958 bits per heavy atom. The van der Waals surface area contributed by atoms with Crippen LogP contribution in [0, 0.1) is 0 Å². The van der Waals surface area contributed by atoms with Gasteiger partial charge in [0.1, 0.15) is 5.75 Å². The van der Waals surface area contributed by atoms with Gasteiger partial charge in [-0.25, -0.2) is 0 Å². The second-order valence-electron chi connectivity index (χ2n) is 6.30. The van der Waals surface area contributed by atoms with Gasteiger partial charge in [0.2, 0.25) is 0 Å². The highest BCUT2D eigenvalue weighted by Gasteiger charge is 2.21. The van der Waals surface area contributed by atoms with Crippen LogP contribution in [0.25, 0.3) is 0 Å². The summed E-state index contributed by atoms with van der Waals surface area (Å²) in [6, 6.07) is 18.4. The van der Waals surface area contributed by atoms with Gasteiger partial charge in [-0.15, -0.1) is 0 Å². The van der Waals surface area contributed by atoms with Crippen LogP contribution >= 0.6 is 0 Å². The number of ether oxygens (including phenoxy) is 1. The minimum atomic E-state index is -0.315. The first-order chi connectivity index (χ1) is 11.8. The molecular weight excluding hydrogens is 300 g/mol. The number of aliphatic hydroxyl groups excluding tert-OH is 1. The van der Waals surface area contributed by atoms with Crippen LogP contribution in [0.4, 0.5) is 5.69 Å². The predicted octanol–water partition coefficient (Wildman–Crippen LogP) is 2.42. The first kappa shape index (κ1) is 16.8. The lowest BCUT2D eigenvalue weighted by atomic mass is 10.1.